The maximum atomic E-state index is 12.8. The lowest BCUT2D eigenvalue weighted by atomic mass is 9.98. The van der Waals surface area contributed by atoms with Gasteiger partial charge >= 0.3 is 0 Å². The summed E-state index contributed by atoms with van der Waals surface area (Å²) in [7, 11) is 0. The number of amides is 1. The third-order valence-corrected chi connectivity index (χ3v) is 5.99. The van der Waals surface area contributed by atoms with Gasteiger partial charge in [-0.2, -0.15) is 0 Å². The number of oxazole rings is 1. The Balaban J connectivity index is 1.45. The van der Waals surface area contributed by atoms with Gasteiger partial charge in [0, 0.05) is 24.5 Å². The van der Waals surface area contributed by atoms with E-state index in [4.69, 9.17) is 16.0 Å². The first-order chi connectivity index (χ1) is 13.1. The number of thiazole rings is 1. The summed E-state index contributed by atoms with van der Waals surface area (Å²) in [5.41, 5.74) is 3.61. The van der Waals surface area contributed by atoms with E-state index < -0.39 is 0 Å². The molecule has 0 aliphatic carbocycles. The first-order valence-corrected chi connectivity index (χ1v) is 10.2. The molecule has 1 aromatic carbocycles. The molecule has 3 heterocycles. The first kappa shape index (κ1) is 18.2. The number of halogens is 1. The second kappa shape index (κ2) is 7.82. The molecule has 1 aliphatic rings. The number of rotatable bonds is 4. The zero-order valence-corrected chi connectivity index (χ0v) is 16.6. The molecule has 7 heteroatoms. The summed E-state index contributed by atoms with van der Waals surface area (Å²) in [6.07, 6.45) is 4.36. The van der Waals surface area contributed by atoms with Crippen molar-refractivity contribution in [3.63, 3.8) is 0 Å². The van der Waals surface area contributed by atoms with Crippen LogP contribution in [0.3, 0.4) is 0 Å². The summed E-state index contributed by atoms with van der Waals surface area (Å²) in [5.74, 6) is 1.72. The molecule has 0 N–H and O–H groups in total. The molecule has 27 heavy (non-hydrogen) atoms. The maximum absolute atomic E-state index is 12.8. The van der Waals surface area contributed by atoms with E-state index in [1.165, 1.54) is 11.3 Å². The number of benzene rings is 1. The molecule has 0 saturated carbocycles. The Kier molecular flexibility index (Phi) is 5.27. The number of likely N-dealkylation sites (tertiary alicyclic amines) is 1. The molecule has 1 fully saturated rings. The second-order valence-electron chi connectivity index (χ2n) is 6.83. The number of aromatic nitrogens is 2. The van der Waals surface area contributed by atoms with E-state index in [1.807, 2.05) is 36.1 Å². The number of aryl methyl sites for hydroxylation is 1. The van der Waals surface area contributed by atoms with Gasteiger partial charge in [-0.3, -0.25) is 4.79 Å². The van der Waals surface area contributed by atoms with Crippen LogP contribution >= 0.6 is 22.9 Å². The zero-order chi connectivity index (χ0) is 18.8. The van der Waals surface area contributed by atoms with E-state index >= 15 is 0 Å². The van der Waals surface area contributed by atoms with Crippen LogP contribution in [-0.4, -0.2) is 33.9 Å². The summed E-state index contributed by atoms with van der Waals surface area (Å²) in [5, 5.41) is 0.715. The fourth-order valence-corrected chi connectivity index (χ4v) is 4.44. The highest BCUT2D eigenvalue weighted by atomic mass is 35.5. The molecule has 0 unspecified atom stereocenters. The van der Waals surface area contributed by atoms with E-state index in [-0.39, 0.29) is 11.8 Å². The highest BCUT2D eigenvalue weighted by Crippen LogP contribution is 2.29. The lowest BCUT2D eigenvalue weighted by molar-refractivity contribution is 0.0702. The van der Waals surface area contributed by atoms with Gasteiger partial charge < -0.3 is 9.32 Å². The Morgan fingerprint density at radius 2 is 2.30 bits per heavy atom. The Morgan fingerprint density at radius 1 is 1.41 bits per heavy atom. The third-order valence-electron chi connectivity index (χ3n) is 4.84. The highest BCUT2D eigenvalue weighted by molar-refractivity contribution is 7.11. The van der Waals surface area contributed by atoms with E-state index in [0.717, 1.165) is 41.3 Å². The smallest absolute Gasteiger partial charge is 0.265 e. The number of nitrogens with zero attached hydrogens (tertiary/aromatic N) is 3. The molecule has 2 aromatic heterocycles. The van der Waals surface area contributed by atoms with Crippen molar-refractivity contribution in [1.29, 1.82) is 0 Å². The van der Waals surface area contributed by atoms with Gasteiger partial charge in [-0.15, -0.1) is 11.3 Å². The van der Waals surface area contributed by atoms with Crippen molar-refractivity contribution in [3.05, 3.63) is 68.8 Å². The fraction of sp³-hybridized carbons (Fsp3) is 0.350. The van der Waals surface area contributed by atoms with Crippen molar-refractivity contribution in [2.24, 2.45) is 0 Å². The molecule has 1 amide bonds. The third kappa shape index (κ3) is 4.06. The molecule has 5 nitrogen and oxygen atoms in total. The van der Waals surface area contributed by atoms with Gasteiger partial charge in [-0.1, -0.05) is 23.7 Å². The van der Waals surface area contributed by atoms with Gasteiger partial charge in [0.15, 0.2) is 5.89 Å². The van der Waals surface area contributed by atoms with Crippen LogP contribution in [0.1, 0.15) is 51.3 Å². The van der Waals surface area contributed by atoms with Crippen LogP contribution in [0.4, 0.5) is 0 Å². The maximum Gasteiger partial charge on any atom is 0.265 e. The van der Waals surface area contributed by atoms with Crippen LogP contribution in [0.2, 0.25) is 5.02 Å². The van der Waals surface area contributed by atoms with E-state index in [0.29, 0.717) is 23.9 Å². The van der Waals surface area contributed by atoms with Crippen molar-refractivity contribution < 1.29 is 9.21 Å². The number of piperidine rings is 1. The van der Waals surface area contributed by atoms with Crippen LogP contribution in [0.25, 0.3) is 0 Å². The Morgan fingerprint density at radius 3 is 3.07 bits per heavy atom. The minimum absolute atomic E-state index is 0.0606. The van der Waals surface area contributed by atoms with Crippen molar-refractivity contribution >= 4 is 28.8 Å². The molecule has 0 radical (unpaired) electrons. The predicted molar refractivity (Wildman–Crippen MR) is 105 cm³/mol. The summed E-state index contributed by atoms with van der Waals surface area (Å²) in [6.45, 7) is 3.28. The molecule has 4 rings (SSSR count). The highest BCUT2D eigenvalue weighted by Gasteiger charge is 2.29. The molecular formula is C20H20ClN3O2S. The van der Waals surface area contributed by atoms with Gasteiger partial charge in [0.2, 0.25) is 0 Å². The van der Waals surface area contributed by atoms with Gasteiger partial charge in [-0.25, -0.2) is 9.97 Å². The second-order valence-corrected chi connectivity index (χ2v) is 8.12. The van der Waals surface area contributed by atoms with Gasteiger partial charge in [0.05, 0.1) is 23.3 Å². The molecular weight excluding hydrogens is 382 g/mol. The summed E-state index contributed by atoms with van der Waals surface area (Å²) in [6, 6.07) is 7.74. The standard InChI is InChI=1S/C20H20ClN3O2S/c1-13-18(27-12-23-13)20(25)24-7-3-5-15(11-24)19-22-10-17(26-19)9-14-4-2-6-16(21)8-14/h2,4,6,8,10,12,15H,3,5,7,9,11H2,1H3/t15-/m0/s1. The Bertz CT molecular complexity index is 952. The first-order valence-electron chi connectivity index (χ1n) is 8.98. The quantitative estimate of drug-likeness (QED) is 0.635. The minimum atomic E-state index is 0.0606. The number of hydrogen-bond donors (Lipinski definition) is 0. The molecule has 1 saturated heterocycles. The normalized spacial score (nSPS) is 17.3. The number of carbonyl (C=O) groups excluding carboxylic acids is 1. The molecule has 1 aliphatic heterocycles. The van der Waals surface area contributed by atoms with Crippen molar-refractivity contribution in [3.8, 4) is 0 Å². The monoisotopic (exact) mass is 401 g/mol. The Hall–Kier alpha value is -2.18. The average molecular weight is 402 g/mol. The van der Waals surface area contributed by atoms with Crippen LogP contribution < -0.4 is 0 Å². The fourth-order valence-electron chi connectivity index (χ4n) is 3.46. The van der Waals surface area contributed by atoms with Gasteiger partial charge in [0.1, 0.15) is 10.6 Å². The van der Waals surface area contributed by atoms with Crippen molar-refractivity contribution in [2.45, 2.75) is 32.1 Å². The largest absolute Gasteiger partial charge is 0.445 e. The van der Waals surface area contributed by atoms with Crippen LogP contribution in [-0.2, 0) is 6.42 Å². The van der Waals surface area contributed by atoms with Gasteiger partial charge in [-0.05, 0) is 37.5 Å². The van der Waals surface area contributed by atoms with E-state index in [2.05, 4.69) is 9.97 Å². The van der Waals surface area contributed by atoms with Gasteiger partial charge in [0.25, 0.3) is 5.91 Å². The lowest BCUT2D eigenvalue weighted by Gasteiger charge is -2.31. The SMILES string of the molecule is Cc1ncsc1C(=O)N1CCC[C@H](c2ncc(Cc3cccc(Cl)c3)o2)C1. The summed E-state index contributed by atoms with van der Waals surface area (Å²) >= 11 is 7.45. The number of carbonyl (C=O) groups is 1. The molecule has 140 valence electrons. The van der Waals surface area contributed by atoms with Crippen LogP contribution in [0.15, 0.2) is 40.4 Å². The van der Waals surface area contributed by atoms with Crippen molar-refractivity contribution in [2.75, 3.05) is 13.1 Å². The summed E-state index contributed by atoms with van der Waals surface area (Å²) < 4.78 is 6.01. The molecule has 3 aromatic rings. The van der Waals surface area contributed by atoms with E-state index in [9.17, 15) is 4.79 Å². The number of hydrogen-bond acceptors (Lipinski definition) is 5. The average Bonchev–Trinajstić information content (AvgIpc) is 3.30. The predicted octanol–water partition coefficient (Wildman–Crippen LogP) is 4.70. The summed E-state index contributed by atoms with van der Waals surface area (Å²) in [4.78, 5) is 24.1. The van der Waals surface area contributed by atoms with Crippen LogP contribution in [0.5, 0.6) is 0 Å². The van der Waals surface area contributed by atoms with Crippen molar-refractivity contribution in [1.82, 2.24) is 14.9 Å². The van der Waals surface area contributed by atoms with E-state index in [1.54, 1.807) is 11.7 Å². The molecule has 1 atom stereocenters. The minimum Gasteiger partial charge on any atom is -0.445 e. The Labute approximate surface area is 167 Å². The lowest BCUT2D eigenvalue weighted by Crippen LogP contribution is -2.39. The topological polar surface area (TPSA) is 59.2 Å². The zero-order valence-electron chi connectivity index (χ0n) is 15.0. The van der Waals surface area contributed by atoms with Crippen LogP contribution in [0, 0.1) is 6.92 Å². The molecule has 0 bridgehead atoms. The molecule has 0 spiro atoms.